The summed E-state index contributed by atoms with van der Waals surface area (Å²) in [7, 11) is 1.27. The maximum absolute atomic E-state index is 13.2. The van der Waals surface area contributed by atoms with Crippen LogP contribution in [0.5, 0.6) is 0 Å². The first-order valence-electron chi connectivity index (χ1n) is 5.53. The Kier molecular flexibility index (Phi) is 3.70. The number of hydrogen-bond donors (Lipinski definition) is 1. The number of aryl methyl sites for hydroxylation is 1. The van der Waals surface area contributed by atoms with Gasteiger partial charge in [0.25, 0.3) is 0 Å². The Bertz CT molecular complexity index is 579. The highest BCUT2D eigenvalue weighted by molar-refractivity contribution is 5.86. The Morgan fingerprint density at radius 3 is 2.63 bits per heavy atom. The van der Waals surface area contributed by atoms with E-state index in [0.29, 0.717) is 11.5 Å². The molecular weight excluding hydrogens is 249 g/mol. The molecule has 0 aliphatic rings. The molecule has 0 saturated carbocycles. The van der Waals surface area contributed by atoms with E-state index in [9.17, 15) is 9.18 Å². The maximum Gasteiger partial charge on any atom is 0.358 e. The molecule has 0 unspecified atom stereocenters. The molecule has 0 radical (unpaired) electrons. The van der Waals surface area contributed by atoms with Crippen LogP contribution in [-0.2, 0) is 4.74 Å². The third-order valence-electron chi connectivity index (χ3n) is 2.36. The summed E-state index contributed by atoms with van der Waals surface area (Å²) < 4.78 is 17.7. The third kappa shape index (κ3) is 3.25. The maximum atomic E-state index is 13.2. The molecule has 1 aromatic carbocycles. The first-order valence-corrected chi connectivity index (χ1v) is 5.53. The van der Waals surface area contributed by atoms with Crippen molar-refractivity contribution in [3.63, 3.8) is 0 Å². The van der Waals surface area contributed by atoms with Gasteiger partial charge in [0.2, 0.25) is 0 Å². The number of ether oxygens (including phenoxy) is 1. The fraction of sp³-hybridized carbons (Fsp3) is 0.154. The Labute approximate surface area is 109 Å². The smallest absolute Gasteiger partial charge is 0.358 e. The highest BCUT2D eigenvalue weighted by atomic mass is 19.1. The molecule has 98 valence electrons. The van der Waals surface area contributed by atoms with Crippen molar-refractivity contribution in [2.75, 3.05) is 12.4 Å². The quantitative estimate of drug-likeness (QED) is 0.860. The van der Waals surface area contributed by atoms with Crippen molar-refractivity contribution in [2.24, 2.45) is 0 Å². The topological polar surface area (TPSA) is 64.1 Å². The van der Waals surface area contributed by atoms with Crippen LogP contribution in [0.2, 0.25) is 0 Å². The summed E-state index contributed by atoms with van der Waals surface area (Å²) in [5, 5.41) is 2.90. The van der Waals surface area contributed by atoms with Crippen molar-refractivity contribution in [3.05, 3.63) is 47.7 Å². The van der Waals surface area contributed by atoms with Gasteiger partial charge in [0.05, 0.1) is 19.5 Å². The predicted molar refractivity (Wildman–Crippen MR) is 67.8 cm³/mol. The molecule has 1 N–H and O–H groups in total. The van der Waals surface area contributed by atoms with Crippen molar-refractivity contribution < 1.29 is 13.9 Å². The minimum atomic E-state index is -0.555. The molecule has 2 aromatic rings. The van der Waals surface area contributed by atoms with E-state index in [1.54, 1.807) is 13.0 Å². The first-order chi connectivity index (χ1) is 9.08. The van der Waals surface area contributed by atoms with Crippen LogP contribution in [0, 0.1) is 12.7 Å². The Morgan fingerprint density at radius 2 is 2.05 bits per heavy atom. The van der Waals surface area contributed by atoms with E-state index in [0.717, 1.165) is 5.56 Å². The average molecular weight is 261 g/mol. The molecule has 0 saturated heterocycles. The van der Waals surface area contributed by atoms with Gasteiger partial charge in [-0.2, -0.15) is 0 Å². The Morgan fingerprint density at radius 1 is 1.26 bits per heavy atom. The fourth-order valence-electron chi connectivity index (χ4n) is 1.56. The van der Waals surface area contributed by atoms with Gasteiger partial charge in [-0.25, -0.2) is 19.2 Å². The van der Waals surface area contributed by atoms with E-state index >= 15 is 0 Å². The van der Waals surface area contributed by atoms with Gasteiger partial charge in [-0.15, -0.1) is 0 Å². The molecule has 6 heteroatoms. The number of benzene rings is 1. The molecule has 0 aliphatic carbocycles. The molecule has 0 amide bonds. The number of nitrogens with one attached hydrogen (secondary N) is 1. The number of esters is 1. The SMILES string of the molecule is COC(=O)c1cnc(Nc2cc(C)cc(F)c2)cn1. The van der Waals surface area contributed by atoms with E-state index < -0.39 is 5.97 Å². The highest BCUT2D eigenvalue weighted by Gasteiger charge is 2.07. The normalized spacial score (nSPS) is 10.1. The van der Waals surface area contributed by atoms with Gasteiger partial charge in [0.15, 0.2) is 5.69 Å². The highest BCUT2D eigenvalue weighted by Crippen LogP contribution is 2.17. The molecule has 1 aromatic heterocycles. The van der Waals surface area contributed by atoms with Crippen LogP contribution in [0.25, 0.3) is 0 Å². The van der Waals surface area contributed by atoms with Gasteiger partial charge < -0.3 is 10.1 Å². The van der Waals surface area contributed by atoms with Gasteiger partial charge >= 0.3 is 5.97 Å². The lowest BCUT2D eigenvalue weighted by Gasteiger charge is -2.06. The van der Waals surface area contributed by atoms with Gasteiger partial charge in [-0.05, 0) is 30.7 Å². The van der Waals surface area contributed by atoms with Crippen molar-refractivity contribution in [2.45, 2.75) is 6.92 Å². The molecule has 0 aliphatic heterocycles. The van der Waals surface area contributed by atoms with Gasteiger partial charge in [0, 0.05) is 5.69 Å². The van der Waals surface area contributed by atoms with E-state index in [1.807, 2.05) is 0 Å². The third-order valence-corrected chi connectivity index (χ3v) is 2.36. The summed E-state index contributed by atoms with van der Waals surface area (Å²) >= 11 is 0. The Balaban J connectivity index is 2.17. The molecule has 0 fully saturated rings. The molecule has 0 bridgehead atoms. The minimum Gasteiger partial charge on any atom is -0.464 e. The Hall–Kier alpha value is -2.50. The van der Waals surface area contributed by atoms with Crippen LogP contribution >= 0.6 is 0 Å². The lowest BCUT2D eigenvalue weighted by Crippen LogP contribution is -2.05. The number of hydrogen-bond acceptors (Lipinski definition) is 5. The monoisotopic (exact) mass is 261 g/mol. The van der Waals surface area contributed by atoms with Crippen LogP contribution < -0.4 is 5.32 Å². The van der Waals surface area contributed by atoms with Crippen LogP contribution in [-0.4, -0.2) is 23.0 Å². The van der Waals surface area contributed by atoms with Crippen LogP contribution in [0.1, 0.15) is 16.1 Å². The summed E-state index contributed by atoms with van der Waals surface area (Å²) in [5.41, 5.74) is 1.47. The zero-order chi connectivity index (χ0) is 13.8. The molecule has 1 heterocycles. The van der Waals surface area contributed by atoms with Crippen molar-refractivity contribution in [3.8, 4) is 0 Å². The number of aromatic nitrogens is 2. The molecular formula is C13H12FN3O2. The van der Waals surface area contributed by atoms with Gasteiger partial charge in [0.1, 0.15) is 11.6 Å². The van der Waals surface area contributed by atoms with Gasteiger partial charge in [-0.1, -0.05) is 0 Å². The van der Waals surface area contributed by atoms with E-state index in [4.69, 9.17) is 0 Å². The minimum absolute atomic E-state index is 0.114. The number of halogens is 1. The zero-order valence-electron chi connectivity index (χ0n) is 10.5. The fourth-order valence-corrected chi connectivity index (χ4v) is 1.56. The molecule has 0 spiro atoms. The van der Waals surface area contributed by atoms with Crippen molar-refractivity contribution in [1.82, 2.24) is 9.97 Å². The predicted octanol–water partition coefficient (Wildman–Crippen LogP) is 2.45. The number of rotatable bonds is 3. The summed E-state index contributed by atoms with van der Waals surface area (Å²) in [6.07, 6.45) is 2.67. The molecule has 2 rings (SSSR count). The largest absolute Gasteiger partial charge is 0.464 e. The zero-order valence-corrected chi connectivity index (χ0v) is 10.5. The van der Waals surface area contributed by atoms with Crippen molar-refractivity contribution in [1.29, 1.82) is 0 Å². The van der Waals surface area contributed by atoms with Crippen LogP contribution in [0.3, 0.4) is 0 Å². The number of nitrogens with zero attached hydrogens (tertiary/aromatic N) is 2. The lowest BCUT2D eigenvalue weighted by molar-refractivity contribution is 0.0593. The second kappa shape index (κ2) is 5.43. The van der Waals surface area contributed by atoms with Crippen LogP contribution in [0.15, 0.2) is 30.6 Å². The lowest BCUT2D eigenvalue weighted by atomic mass is 10.2. The molecule has 19 heavy (non-hydrogen) atoms. The summed E-state index contributed by atoms with van der Waals surface area (Å²) in [5.74, 6) is -0.472. The standard InChI is InChI=1S/C13H12FN3O2/c1-8-3-9(14)5-10(4-8)17-12-7-15-11(6-16-12)13(18)19-2/h3-7H,1-2H3,(H,16,17). The first kappa shape index (κ1) is 12.9. The van der Waals surface area contributed by atoms with E-state index in [1.165, 1.54) is 31.6 Å². The molecule has 5 nitrogen and oxygen atoms in total. The summed E-state index contributed by atoms with van der Waals surface area (Å²) in [6.45, 7) is 1.79. The second-order valence-electron chi connectivity index (χ2n) is 3.92. The summed E-state index contributed by atoms with van der Waals surface area (Å²) in [6, 6.07) is 4.55. The number of methoxy groups -OCH3 is 1. The average Bonchev–Trinajstić information content (AvgIpc) is 2.37. The van der Waals surface area contributed by atoms with Gasteiger partial charge in [-0.3, -0.25) is 0 Å². The van der Waals surface area contributed by atoms with E-state index in [-0.39, 0.29) is 11.5 Å². The van der Waals surface area contributed by atoms with E-state index in [2.05, 4.69) is 20.0 Å². The molecule has 0 atom stereocenters. The number of carbonyl (C=O) groups is 1. The van der Waals surface area contributed by atoms with Crippen molar-refractivity contribution >= 4 is 17.5 Å². The van der Waals surface area contributed by atoms with Crippen LogP contribution in [0.4, 0.5) is 15.9 Å². The summed E-state index contributed by atoms with van der Waals surface area (Å²) in [4.78, 5) is 19.1. The number of carbonyl (C=O) groups excluding carboxylic acids is 1. The number of anilines is 2. The second-order valence-corrected chi connectivity index (χ2v) is 3.92.